The molecule has 40 heavy (non-hydrogen) atoms. The van der Waals surface area contributed by atoms with Gasteiger partial charge in [-0.15, -0.1) is 0 Å². The summed E-state index contributed by atoms with van der Waals surface area (Å²) in [4.78, 5) is 33.2. The van der Waals surface area contributed by atoms with Crippen molar-refractivity contribution in [1.29, 1.82) is 0 Å². The number of benzene rings is 2. The van der Waals surface area contributed by atoms with E-state index in [9.17, 15) is 14.0 Å². The molecule has 3 aromatic rings. The van der Waals surface area contributed by atoms with Crippen molar-refractivity contribution in [2.75, 3.05) is 44.4 Å². The minimum Gasteiger partial charge on any atom is -0.454 e. The van der Waals surface area contributed by atoms with E-state index in [2.05, 4.69) is 25.8 Å². The molecule has 2 heterocycles. The summed E-state index contributed by atoms with van der Waals surface area (Å²) in [6.45, 7) is 2.31. The van der Waals surface area contributed by atoms with Crippen LogP contribution in [0.2, 0.25) is 0 Å². The Morgan fingerprint density at radius 1 is 1.12 bits per heavy atom. The predicted octanol–water partition coefficient (Wildman–Crippen LogP) is 4.87. The summed E-state index contributed by atoms with van der Waals surface area (Å²) in [5.74, 6) is 0.128. The number of carbonyl (C=O) groups excluding carboxylic acids is 2. The first-order valence-electron chi connectivity index (χ1n) is 13.0. The number of thiocarbonyl (C=S) groups is 1. The van der Waals surface area contributed by atoms with Crippen LogP contribution in [0.3, 0.4) is 0 Å². The van der Waals surface area contributed by atoms with Gasteiger partial charge in [0.15, 0.2) is 16.7 Å². The highest BCUT2D eigenvalue weighted by Gasteiger charge is 2.24. The van der Waals surface area contributed by atoms with E-state index in [4.69, 9.17) is 17.0 Å². The number of likely N-dealkylation sites (tertiary alicyclic amines) is 1. The topological polar surface area (TPSA) is 98.8 Å². The molecule has 2 aromatic carbocycles. The van der Waals surface area contributed by atoms with Crippen molar-refractivity contribution >= 4 is 40.8 Å². The Kier molecular flexibility index (Phi) is 9.98. The smallest absolute Gasteiger partial charge is 0.323 e. The Morgan fingerprint density at radius 2 is 1.93 bits per heavy atom. The Bertz CT molecular complexity index is 1340. The van der Waals surface area contributed by atoms with Gasteiger partial charge in [-0.2, -0.15) is 0 Å². The lowest BCUT2D eigenvalue weighted by Gasteiger charge is -2.33. The maximum absolute atomic E-state index is 14.8. The van der Waals surface area contributed by atoms with Crippen LogP contribution in [0.5, 0.6) is 11.5 Å². The number of amides is 3. The van der Waals surface area contributed by atoms with Crippen LogP contribution >= 0.6 is 12.2 Å². The van der Waals surface area contributed by atoms with E-state index in [-0.39, 0.29) is 29.2 Å². The number of aromatic nitrogens is 1. The van der Waals surface area contributed by atoms with Crippen LogP contribution in [0.1, 0.15) is 18.4 Å². The molecule has 0 spiro atoms. The summed E-state index contributed by atoms with van der Waals surface area (Å²) in [5.41, 5.74) is 1.21. The first-order valence-corrected chi connectivity index (χ1v) is 13.4. The third kappa shape index (κ3) is 8.72. The number of rotatable bonds is 8. The van der Waals surface area contributed by atoms with Gasteiger partial charge in [0.2, 0.25) is 5.91 Å². The second-order valence-corrected chi connectivity index (χ2v) is 10.3. The average Bonchev–Trinajstić information content (AvgIpc) is 2.90. The highest BCUT2D eigenvalue weighted by atomic mass is 32.1. The maximum atomic E-state index is 14.8. The van der Waals surface area contributed by atoms with E-state index >= 15 is 0 Å². The molecule has 0 unspecified atom stereocenters. The summed E-state index contributed by atoms with van der Waals surface area (Å²) in [6, 6.07) is 16.4. The second kappa shape index (κ2) is 13.8. The number of carbonyl (C=O) groups is 2. The van der Waals surface area contributed by atoms with Crippen molar-refractivity contribution in [3.63, 3.8) is 0 Å². The van der Waals surface area contributed by atoms with Crippen LogP contribution in [-0.2, 0) is 11.2 Å². The molecule has 1 fully saturated rings. The minimum absolute atomic E-state index is 0.0179. The highest BCUT2D eigenvalue weighted by Crippen LogP contribution is 2.28. The van der Waals surface area contributed by atoms with Crippen molar-refractivity contribution in [3.05, 3.63) is 78.2 Å². The minimum atomic E-state index is -0.633. The van der Waals surface area contributed by atoms with Gasteiger partial charge >= 0.3 is 6.03 Å². The van der Waals surface area contributed by atoms with Gasteiger partial charge in [0.05, 0.1) is 6.42 Å². The Labute approximate surface area is 238 Å². The van der Waals surface area contributed by atoms with Gasteiger partial charge in [-0.05, 0) is 68.8 Å². The Morgan fingerprint density at radius 3 is 2.67 bits per heavy atom. The van der Waals surface area contributed by atoms with Crippen molar-refractivity contribution in [1.82, 2.24) is 20.1 Å². The van der Waals surface area contributed by atoms with Crippen molar-refractivity contribution in [3.8, 4) is 11.5 Å². The lowest BCUT2D eigenvalue weighted by molar-refractivity contribution is -0.119. The van der Waals surface area contributed by atoms with Crippen molar-refractivity contribution in [2.24, 2.45) is 5.92 Å². The summed E-state index contributed by atoms with van der Waals surface area (Å²) >= 11 is 5.19. The molecule has 1 saturated heterocycles. The van der Waals surface area contributed by atoms with E-state index < -0.39 is 5.82 Å². The molecule has 210 valence electrons. The SMILES string of the molecule is CN(C)C[C@H]1CCCN(C(=O)Nc2cc(Oc3ccc(NC(=S)NC(=O)Cc4ccccc4)cc3F)ccn2)C1. The summed E-state index contributed by atoms with van der Waals surface area (Å²) in [6.07, 6.45) is 3.71. The third-order valence-electron chi connectivity index (χ3n) is 6.27. The van der Waals surface area contributed by atoms with Crippen LogP contribution in [0, 0.1) is 11.7 Å². The lowest BCUT2D eigenvalue weighted by Crippen LogP contribution is -2.44. The van der Waals surface area contributed by atoms with Gasteiger partial charge in [-0.1, -0.05) is 30.3 Å². The van der Waals surface area contributed by atoms with Crippen LogP contribution in [0.4, 0.5) is 20.7 Å². The van der Waals surface area contributed by atoms with Gasteiger partial charge < -0.3 is 25.2 Å². The zero-order valence-electron chi connectivity index (χ0n) is 22.5. The summed E-state index contributed by atoms with van der Waals surface area (Å²) in [5, 5.41) is 8.27. The highest BCUT2D eigenvalue weighted by molar-refractivity contribution is 7.80. The molecule has 1 aliphatic heterocycles. The molecule has 3 N–H and O–H groups in total. The number of hydrogen-bond acceptors (Lipinski definition) is 6. The van der Waals surface area contributed by atoms with Crippen LogP contribution in [-0.4, -0.2) is 65.6 Å². The quantitative estimate of drug-likeness (QED) is 0.336. The monoisotopic (exact) mass is 564 g/mol. The van der Waals surface area contributed by atoms with Gasteiger partial charge in [-0.3, -0.25) is 10.1 Å². The molecule has 1 aliphatic rings. The fraction of sp³-hybridized carbons (Fsp3) is 0.310. The number of nitrogens with zero attached hydrogens (tertiary/aromatic N) is 3. The first-order chi connectivity index (χ1) is 19.2. The van der Waals surface area contributed by atoms with Crippen molar-refractivity contribution < 1.29 is 18.7 Å². The van der Waals surface area contributed by atoms with E-state index in [1.807, 2.05) is 44.4 Å². The molecule has 1 aromatic heterocycles. The molecular formula is C29H33FN6O3S. The fourth-order valence-electron chi connectivity index (χ4n) is 4.55. The summed E-state index contributed by atoms with van der Waals surface area (Å²) < 4.78 is 20.5. The van der Waals surface area contributed by atoms with Crippen LogP contribution < -0.4 is 20.7 Å². The lowest BCUT2D eigenvalue weighted by atomic mass is 9.98. The summed E-state index contributed by atoms with van der Waals surface area (Å²) in [7, 11) is 4.06. The second-order valence-electron chi connectivity index (χ2n) is 9.94. The molecular weight excluding hydrogens is 531 g/mol. The Balaban J connectivity index is 1.30. The fourth-order valence-corrected chi connectivity index (χ4v) is 4.78. The molecule has 4 rings (SSSR count). The largest absolute Gasteiger partial charge is 0.454 e. The number of halogens is 1. The molecule has 3 amide bonds. The average molecular weight is 565 g/mol. The van der Waals surface area contributed by atoms with Gasteiger partial charge in [-0.25, -0.2) is 14.2 Å². The zero-order valence-corrected chi connectivity index (χ0v) is 23.3. The third-order valence-corrected chi connectivity index (χ3v) is 6.48. The van der Waals surface area contributed by atoms with Crippen molar-refractivity contribution in [2.45, 2.75) is 19.3 Å². The molecule has 0 bridgehead atoms. The molecule has 0 radical (unpaired) electrons. The number of anilines is 2. The van der Waals surface area contributed by atoms with E-state index in [1.54, 1.807) is 23.1 Å². The first kappa shape index (κ1) is 28.9. The number of hydrogen-bond donors (Lipinski definition) is 3. The number of pyridine rings is 1. The molecule has 1 atom stereocenters. The van der Waals surface area contributed by atoms with Gasteiger partial charge in [0, 0.05) is 43.7 Å². The van der Waals surface area contributed by atoms with E-state index in [1.165, 1.54) is 18.3 Å². The molecule has 11 heteroatoms. The Hall–Kier alpha value is -4.09. The number of urea groups is 1. The van der Waals surface area contributed by atoms with Crippen LogP contribution in [0.25, 0.3) is 0 Å². The standard InChI is InChI=1S/C29H33FN6O3S/c1-35(2)18-21-9-6-14-36(19-21)29(38)33-26-17-23(12-13-31-26)39-25-11-10-22(16-24(25)30)32-28(40)34-27(37)15-20-7-4-3-5-8-20/h3-5,7-8,10-13,16-17,21H,6,9,14-15,18-19H2,1-2H3,(H,31,33,38)(H2,32,34,37,40)/t21-/m1/s1. The molecule has 0 saturated carbocycles. The number of ether oxygens (including phenoxy) is 1. The van der Waals surface area contributed by atoms with E-state index in [0.717, 1.165) is 24.9 Å². The number of piperidine rings is 1. The van der Waals surface area contributed by atoms with E-state index in [0.29, 0.717) is 36.3 Å². The van der Waals surface area contributed by atoms with Crippen LogP contribution in [0.15, 0.2) is 66.9 Å². The normalized spacial score (nSPS) is 14.9. The molecule has 0 aliphatic carbocycles. The maximum Gasteiger partial charge on any atom is 0.323 e. The zero-order chi connectivity index (χ0) is 28.5. The van der Waals surface area contributed by atoms with Gasteiger partial charge in [0.1, 0.15) is 11.6 Å². The predicted molar refractivity (Wildman–Crippen MR) is 157 cm³/mol. The number of nitrogens with one attached hydrogen (secondary N) is 3. The molecule has 9 nitrogen and oxygen atoms in total. The van der Waals surface area contributed by atoms with Gasteiger partial charge in [0.25, 0.3) is 0 Å².